The van der Waals surface area contributed by atoms with Crippen LogP contribution in [0.3, 0.4) is 0 Å². The van der Waals surface area contributed by atoms with Gasteiger partial charge >= 0.3 is 6.18 Å². The SMILES string of the molecule is COCC1=C(c2nc(C)cs2)C(c2ccc(C#N)cc2OC)C(C#N)=C(C(F)(F)F)N1. The zero-order valence-electron chi connectivity index (χ0n) is 16.8. The predicted octanol–water partition coefficient (Wildman–Crippen LogP) is 4.42. The van der Waals surface area contributed by atoms with Crippen LogP contribution in [0.25, 0.3) is 5.57 Å². The maximum absolute atomic E-state index is 13.9. The average molecular weight is 446 g/mol. The summed E-state index contributed by atoms with van der Waals surface area (Å²) in [5.41, 5.74) is 0.165. The van der Waals surface area contributed by atoms with Gasteiger partial charge in [-0.15, -0.1) is 11.3 Å². The number of halogens is 3. The van der Waals surface area contributed by atoms with Gasteiger partial charge in [-0.1, -0.05) is 6.07 Å². The molecule has 160 valence electrons. The maximum Gasteiger partial charge on any atom is 0.432 e. The minimum atomic E-state index is -4.80. The highest BCUT2D eigenvalue weighted by Crippen LogP contribution is 2.49. The largest absolute Gasteiger partial charge is 0.496 e. The number of nitrogens with zero attached hydrogens (tertiary/aromatic N) is 3. The summed E-state index contributed by atoms with van der Waals surface area (Å²) >= 11 is 1.26. The summed E-state index contributed by atoms with van der Waals surface area (Å²) < 4.78 is 52.2. The Morgan fingerprint density at radius 1 is 1.23 bits per heavy atom. The molecule has 0 aliphatic carbocycles. The Morgan fingerprint density at radius 3 is 2.48 bits per heavy atom. The van der Waals surface area contributed by atoms with Gasteiger partial charge in [-0.05, 0) is 19.1 Å². The Labute approximate surface area is 180 Å². The number of rotatable bonds is 5. The highest BCUT2D eigenvalue weighted by atomic mass is 32.1. The third-order valence-electron chi connectivity index (χ3n) is 4.66. The second-order valence-corrected chi connectivity index (χ2v) is 7.50. The Morgan fingerprint density at radius 2 is 1.97 bits per heavy atom. The summed E-state index contributed by atoms with van der Waals surface area (Å²) in [4.78, 5) is 4.45. The first-order chi connectivity index (χ1) is 14.7. The van der Waals surface area contributed by atoms with Crippen LogP contribution in [0.5, 0.6) is 5.75 Å². The van der Waals surface area contributed by atoms with Crippen LogP contribution in [0.1, 0.15) is 27.7 Å². The molecule has 3 rings (SSSR count). The molecule has 10 heteroatoms. The smallest absolute Gasteiger partial charge is 0.432 e. The average Bonchev–Trinajstić information content (AvgIpc) is 3.17. The van der Waals surface area contributed by atoms with Crippen LogP contribution in [-0.4, -0.2) is 32.0 Å². The summed E-state index contributed by atoms with van der Waals surface area (Å²) in [6.07, 6.45) is -4.80. The van der Waals surface area contributed by atoms with E-state index in [0.717, 1.165) is 0 Å². The van der Waals surface area contributed by atoms with Gasteiger partial charge in [-0.25, -0.2) is 4.98 Å². The van der Waals surface area contributed by atoms with E-state index in [0.29, 0.717) is 21.8 Å². The molecule has 1 unspecified atom stereocenters. The number of hydrogen-bond acceptors (Lipinski definition) is 7. The van der Waals surface area contributed by atoms with Crippen molar-refractivity contribution in [2.75, 3.05) is 20.8 Å². The fraction of sp³-hybridized carbons (Fsp3) is 0.286. The van der Waals surface area contributed by atoms with Crippen molar-refractivity contribution in [2.45, 2.75) is 19.0 Å². The molecule has 31 heavy (non-hydrogen) atoms. The number of aryl methyl sites for hydroxylation is 1. The zero-order valence-corrected chi connectivity index (χ0v) is 17.6. The first kappa shape index (κ1) is 22.3. The highest BCUT2D eigenvalue weighted by molar-refractivity contribution is 7.10. The van der Waals surface area contributed by atoms with Crippen LogP contribution < -0.4 is 10.1 Å². The number of ether oxygens (including phenoxy) is 2. The summed E-state index contributed by atoms with van der Waals surface area (Å²) in [6.45, 7) is 1.62. The number of dihydropyridines is 1. The van der Waals surface area contributed by atoms with Gasteiger partial charge < -0.3 is 14.8 Å². The standard InChI is InChI=1S/C21H17F3N4O2S/c1-11-10-31-20(27-11)18-15(9-29-2)28-19(21(22,23)24)14(8-26)17(18)13-5-4-12(7-25)6-16(13)30-3/h4-6,10,17,28H,9H2,1-3H3. The van der Waals surface area contributed by atoms with Crippen molar-refractivity contribution in [3.63, 3.8) is 0 Å². The minimum Gasteiger partial charge on any atom is -0.496 e. The Hall–Kier alpha value is -3.34. The molecule has 0 fully saturated rings. The van der Waals surface area contributed by atoms with Gasteiger partial charge in [0.25, 0.3) is 0 Å². The summed E-state index contributed by atoms with van der Waals surface area (Å²) in [5.74, 6) is -0.927. The number of benzene rings is 1. The number of methoxy groups -OCH3 is 2. The van der Waals surface area contributed by atoms with Crippen molar-refractivity contribution in [3.8, 4) is 17.9 Å². The Kier molecular flexibility index (Phi) is 6.34. The van der Waals surface area contributed by atoms with Crippen LogP contribution in [0.15, 0.2) is 40.5 Å². The van der Waals surface area contributed by atoms with Gasteiger partial charge in [0.05, 0.1) is 42.9 Å². The van der Waals surface area contributed by atoms with Gasteiger partial charge in [0.2, 0.25) is 0 Å². The first-order valence-electron chi connectivity index (χ1n) is 8.96. The molecule has 2 aromatic rings. The summed E-state index contributed by atoms with van der Waals surface area (Å²) in [7, 11) is 2.72. The number of thiazole rings is 1. The molecular formula is C21H17F3N4O2S. The molecule has 1 aromatic carbocycles. The molecule has 0 saturated heterocycles. The van der Waals surface area contributed by atoms with Gasteiger partial charge in [0.1, 0.15) is 16.5 Å². The molecule has 1 atom stereocenters. The topological polar surface area (TPSA) is 91.0 Å². The van der Waals surface area contributed by atoms with E-state index < -0.39 is 23.4 Å². The van der Waals surface area contributed by atoms with E-state index in [9.17, 15) is 23.7 Å². The van der Waals surface area contributed by atoms with Gasteiger partial charge in [-0.2, -0.15) is 23.7 Å². The molecule has 0 amide bonds. The molecule has 1 aromatic heterocycles. The number of hydrogen-bond donors (Lipinski definition) is 1. The lowest BCUT2D eigenvalue weighted by Crippen LogP contribution is -2.35. The highest BCUT2D eigenvalue weighted by Gasteiger charge is 2.45. The maximum atomic E-state index is 13.9. The second kappa shape index (κ2) is 8.80. The number of nitriles is 2. The van der Waals surface area contributed by atoms with Crippen LogP contribution in [0.4, 0.5) is 13.2 Å². The third-order valence-corrected chi connectivity index (χ3v) is 5.66. The van der Waals surface area contributed by atoms with E-state index in [1.807, 2.05) is 6.07 Å². The monoisotopic (exact) mass is 446 g/mol. The zero-order chi connectivity index (χ0) is 22.8. The number of allylic oxidation sites excluding steroid dienone is 3. The van der Waals surface area contributed by atoms with E-state index in [1.165, 1.54) is 43.8 Å². The summed E-state index contributed by atoms with van der Waals surface area (Å²) in [5, 5.41) is 23.6. The fourth-order valence-electron chi connectivity index (χ4n) is 3.41. The Bertz CT molecular complexity index is 1150. The van der Waals surface area contributed by atoms with Gasteiger partial charge in [0.15, 0.2) is 0 Å². The number of nitrogens with one attached hydrogen (secondary N) is 1. The Balaban J connectivity index is 2.39. The number of aromatic nitrogens is 1. The van der Waals surface area contributed by atoms with Crippen LogP contribution in [0.2, 0.25) is 0 Å². The van der Waals surface area contributed by atoms with Crippen LogP contribution >= 0.6 is 11.3 Å². The van der Waals surface area contributed by atoms with Crippen LogP contribution in [0, 0.1) is 29.6 Å². The van der Waals surface area contributed by atoms with Gasteiger partial charge in [-0.3, -0.25) is 0 Å². The molecule has 6 nitrogen and oxygen atoms in total. The molecule has 1 N–H and O–H groups in total. The lowest BCUT2D eigenvalue weighted by molar-refractivity contribution is -0.0970. The molecule has 1 aliphatic rings. The molecule has 0 spiro atoms. The predicted molar refractivity (Wildman–Crippen MR) is 108 cm³/mol. The van der Waals surface area contributed by atoms with E-state index in [2.05, 4.69) is 10.3 Å². The lowest BCUT2D eigenvalue weighted by atomic mass is 9.80. The van der Waals surface area contributed by atoms with E-state index in [-0.39, 0.29) is 23.6 Å². The third kappa shape index (κ3) is 4.26. The number of alkyl halides is 3. The van der Waals surface area contributed by atoms with E-state index >= 15 is 0 Å². The summed E-state index contributed by atoms with van der Waals surface area (Å²) in [6, 6.07) is 8.12. The molecule has 0 bridgehead atoms. The molecule has 1 aliphatic heterocycles. The van der Waals surface area contributed by atoms with Crippen molar-refractivity contribution < 1.29 is 22.6 Å². The van der Waals surface area contributed by atoms with Crippen molar-refractivity contribution >= 4 is 16.9 Å². The quantitative estimate of drug-likeness (QED) is 0.731. The first-order valence-corrected chi connectivity index (χ1v) is 9.84. The normalized spacial score (nSPS) is 16.6. The van der Waals surface area contributed by atoms with Crippen molar-refractivity contribution in [2.24, 2.45) is 0 Å². The second-order valence-electron chi connectivity index (χ2n) is 6.64. The molecular weight excluding hydrogens is 429 g/mol. The lowest BCUT2D eigenvalue weighted by Gasteiger charge is -2.32. The van der Waals surface area contributed by atoms with Crippen molar-refractivity contribution in [1.29, 1.82) is 10.5 Å². The van der Waals surface area contributed by atoms with Gasteiger partial charge in [0, 0.05) is 35.0 Å². The van der Waals surface area contributed by atoms with Crippen molar-refractivity contribution in [1.82, 2.24) is 10.3 Å². The van der Waals surface area contributed by atoms with Crippen molar-refractivity contribution in [3.05, 3.63) is 62.4 Å². The minimum absolute atomic E-state index is 0.151. The molecule has 0 radical (unpaired) electrons. The fourth-order valence-corrected chi connectivity index (χ4v) is 4.31. The molecule has 2 heterocycles. The van der Waals surface area contributed by atoms with Crippen LogP contribution in [-0.2, 0) is 4.74 Å². The van der Waals surface area contributed by atoms with E-state index in [4.69, 9.17) is 9.47 Å². The molecule has 0 saturated carbocycles. The van der Waals surface area contributed by atoms with E-state index in [1.54, 1.807) is 18.4 Å².